The van der Waals surface area contributed by atoms with Gasteiger partial charge >= 0.3 is 11.9 Å². The number of hydrazine groups is 1. The molecule has 4 amide bonds. The third-order valence-electron chi connectivity index (χ3n) is 6.31. The van der Waals surface area contributed by atoms with Gasteiger partial charge in [-0.15, -0.1) is 0 Å². The number of aliphatic carboxylic acids is 2. The lowest BCUT2D eigenvalue weighted by Gasteiger charge is -2.37. The fraction of sp³-hybridized carbons (Fsp3) is 0.296. The predicted molar refractivity (Wildman–Crippen MR) is 139 cm³/mol. The molecule has 3 rings (SSSR count). The van der Waals surface area contributed by atoms with Gasteiger partial charge in [-0.2, -0.15) is 5.01 Å². The molecule has 3 atom stereocenters. The molecule has 6 N–H and O–H groups in total. The summed E-state index contributed by atoms with van der Waals surface area (Å²) in [6.45, 7) is 1.05. The van der Waals surface area contributed by atoms with Crippen molar-refractivity contribution in [2.24, 2.45) is 11.7 Å². The summed E-state index contributed by atoms with van der Waals surface area (Å²) in [6, 6.07) is 11.1. The van der Waals surface area contributed by atoms with Crippen molar-refractivity contribution < 1.29 is 39.0 Å². The average molecular weight is 552 g/mol. The van der Waals surface area contributed by atoms with Crippen LogP contribution in [0.4, 0.5) is 0 Å². The Bertz CT molecular complexity index is 1310. The zero-order chi connectivity index (χ0) is 29.6. The van der Waals surface area contributed by atoms with Crippen LogP contribution in [0.3, 0.4) is 0 Å². The maximum Gasteiger partial charge on any atom is 0.328 e. The van der Waals surface area contributed by atoms with Gasteiger partial charge in [0, 0.05) is 25.3 Å². The first-order valence-electron chi connectivity index (χ1n) is 12.3. The molecule has 1 fully saturated rings. The van der Waals surface area contributed by atoms with Crippen LogP contribution < -0.4 is 11.1 Å². The van der Waals surface area contributed by atoms with Crippen LogP contribution in [0.2, 0.25) is 0 Å². The Labute approximate surface area is 229 Å². The standard InChI is InChI=1S/C27H29N5O8/c1-15(33)30-20(14-23(35)36)26(38)31(21(27(39)40)12-16-5-3-2-4-6-16)32-22(34)13-19(25(32)37)11-17-7-9-18(10-8-17)24(28)29/h2-10,19-21H,11-14H2,1H3,(H3,28,29)(H,30,33)(H,35,36)(H,39,40)/t19?,20-,21-/m0/s1. The minimum atomic E-state index is -1.78. The summed E-state index contributed by atoms with van der Waals surface area (Å²) in [6.07, 6.45) is -1.48. The molecular weight excluding hydrogens is 522 g/mol. The fourth-order valence-electron chi connectivity index (χ4n) is 4.46. The minimum Gasteiger partial charge on any atom is -0.481 e. The van der Waals surface area contributed by atoms with Gasteiger partial charge in [0.2, 0.25) is 11.8 Å². The molecule has 40 heavy (non-hydrogen) atoms. The number of carboxylic acids is 2. The number of hydrogen-bond acceptors (Lipinski definition) is 7. The molecule has 210 valence electrons. The van der Waals surface area contributed by atoms with Gasteiger partial charge < -0.3 is 21.3 Å². The van der Waals surface area contributed by atoms with Crippen molar-refractivity contribution in [2.45, 2.75) is 44.7 Å². The molecule has 1 unspecified atom stereocenters. The van der Waals surface area contributed by atoms with Crippen LogP contribution in [0.1, 0.15) is 36.5 Å². The summed E-state index contributed by atoms with van der Waals surface area (Å²) in [4.78, 5) is 76.2. The average Bonchev–Trinajstić information content (AvgIpc) is 3.15. The second-order valence-electron chi connectivity index (χ2n) is 9.34. The molecule has 0 radical (unpaired) electrons. The van der Waals surface area contributed by atoms with Crippen molar-refractivity contribution in [3.05, 3.63) is 71.3 Å². The molecule has 13 nitrogen and oxygen atoms in total. The minimum absolute atomic E-state index is 0.0714. The van der Waals surface area contributed by atoms with E-state index in [-0.39, 0.29) is 25.1 Å². The second kappa shape index (κ2) is 12.7. The highest BCUT2D eigenvalue weighted by atomic mass is 16.4. The van der Waals surface area contributed by atoms with Gasteiger partial charge in [-0.1, -0.05) is 54.6 Å². The Morgan fingerprint density at radius 1 is 1.05 bits per heavy atom. The SMILES string of the molecule is CC(=O)N[C@@H](CC(=O)O)C(=O)N([C@@H](Cc1ccccc1)C(=O)O)N1C(=O)CC(Cc2ccc(C(=N)N)cc2)C1=O. The molecule has 2 aromatic rings. The molecule has 0 bridgehead atoms. The normalized spacial score (nSPS) is 16.2. The largest absolute Gasteiger partial charge is 0.481 e. The summed E-state index contributed by atoms with van der Waals surface area (Å²) < 4.78 is 0. The van der Waals surface area contributed by atoms with Gasteiger partial charge in [0.15, 0.2) is 6.04 Å². The fourth-order valence-corrected chi connectivity index (χ4v) is 4.46. The molecule has 0 aliphatic carbocycles. The van der Waals surface area contributed by atoms with Crippen molar-refractivity contribution in [1.82, 2.24) is 15.3 Å². The van der Waals surface area contributed by atoms with E-state index >= 15 is 0 Å². The smallest absolute Gasteiger partial charge is 0.328 e. The van der Waals surface area contributed by atoms with Crippen molar-refractivity contribution in [3.8, 4) is 0 Å². The lowest BCUT2D eigenvalue weighted by atomic mass is 9.97. The van der Waals surface area contributed by atoms with Crippen LogP contribution in [0.15, 0.2) is 54.6 Å². The third-order valence-corrected chi connectivity index (χ3v) is 6.31. The number of nitrogens with zero attached hydrogens (tertiary/aromatic N) is 2. The molecule has 1 aliphatic heterocycles. The van der Waals surface area contributed by atoms with Crippen LogP contribution in [-0.4, -0.2) is 73.7 Å². The van der Waals surface area contributed by atoms with E-state index < -0.39 is 60.0 Å². The number of carbonyl (C=O) groups excluding carboxylic acids is 4. The first-order valence-corrected chi connectivity index (χ1v) is 12.3. The van der Waals surface area contributed by atoms with E-state index in [0.29, 0.717) is 26.7 Å². The number of benzene rings is 2. The first-order chi connectivity index (χ1) is 18.9. The van der Waals surface area contributed by atoms with Gasteiger partial charge in [0.05, 0.1) is 12.3 Å². The molecule has 0 spiro atoms. The maximum absolute atomic E-state index is 13.7. The highest BCUT2D eigenvalue weighted by molar-refractivity contribution is 6.06. The van der Waals surface area contributed by atoms with Crippen LogP contribution in [0, 0.1) is 11.3 Å². The Balaban J connectivity index is 2.01. The highest BCUT2D eigenvalue weighted by Gasteiger charge is 2.49. The molecule has 0 saturated carbocycles. The van der Waals surface area contributed by atoms with Crippen molar-refractivity contribution in [3.63, 3.8) is 0 Å². The molecule has 2 aromatic carbocycles. The van der Waals surface area contributed by atoms with E-state index in [1.807, 2.05) is 0 Å². The summed E-state index contributed by atoms with van der Waals surface area (Å²) >= 11 is 0. The number of nitrogen functional groups attached to an aromatic ring is 1. The van der Waals surface area contributed by atoms with Gasteiger partial charge in [0.1, 0.15) is 11.9 Å². The number of hydrogen-bond donors (Lipinski definition) is 5. The number of carboxylic acid groups (broad SMARTS) is 2. The highest BCUT2D eigenvalue weighted by Crippen LogP contribution is 2.28. The first kappa shape index (κ1) is 29.5. The topological polar surface area (TPSA) is 211 Å². The maximum atomic E-state index is 13.7. The number of rotatable bonds is 12. The monoisotopic (exact) mass is 551 g/mol. The Morgan fingerprint density at radius 3 is 2.20 bits per heavy atom. The zero-order valence-corrected chi connectivity index (χ0v) is 21.6. The molecule has 1 aliphatic rings. The van der Waals surface area contributed by atoms with E-state index in [0.717, 1.165) is 6.92 Å². The predicted octanol–water partition coefficient (Wildman–Crippen LogP) is 0.307. The number of amides is 4. The van der Waals surface area contributed by atoms with Gasteiger partial charge in [-0.25, -0.2) is 9.80 Å². The van der Waals surface area contributed by atoms with E-state index in [9.17, 15) is 39.0 Å². The zero-order valence-electron chi connectivity index (χ0n) is 21.6. The van der Waals surface area contributed by atoms with Crippen molar-refractivity contribution in [1.29, 1.82) is 5.41 Å². The van der Waals surface area contributed by atoms with Gasteiger partial charge in [0.25, 0.3) is 11.8 Å². The summed E-state index contributed by atoms with van der Waals surface area (Å²) in [5.74, 6) is -7.78. The Kier molecular flexibility index (Phi) is 9.33. The van der Waals surface area contributed by atoms with Gasteiger partial charge in [-0.3, -0.25) is 29.4 Å². The number of imide groups is 1. The molecule has 1 saturated heterocycles. The summed E-state index contributed by atoms with van der Waals surface area (Å²) in [5, 5.41) is 30.1. The van der Waals surface area contributed by atoms with Crippen molar-refractivity contribution >= 4 is 41.4 Å². The van der Waals surface area contributed by atoms with E-state index in [2.05, 4.69) is 5.32 Å². The van der Waals surface area contributed by atoms with Gasteiger partial charge in [-0.05, 0) is 17.5 Å². The van der Waals surface area contributed by atoms with Crippen LogP contribution in [0.5, 0.6) is 0 Å². The number of nitrogens with one attached hydrogen (secondary N) is 2. The summed E-state index contributed by atoms with van der Waals surface area (Å²) in [5.41, 5.74) is 7.04. The lowest BCUT2D eigenvalue weighted by Crippen LogP contribution is -2.62. The van der Waals surface area contributed by atoms with Crippen LogP contribution in [0.25, 0.3) is 0 Å². The van der Waals surface area contributed by atoms with E-state index in [4.69, 9.17) is 11.1 Å². The van der Waals surface area contributed by atoms with E-state index in [1.165, 1.54) is 0 Å². The molecule has 1 heterocycles. The third kappa shape index (κ3) is 7.07. The van der Waals surface area contributed by atoms with Crippen molar-refractivity contribution in [2.75, 3.05) is 0 Å². The number of amidine groups is 1. The Morgan fingerprint density at radius 2 is 1.68 bits per heavy atom. The number of nitrogens with two attached hydrogens (primary N) is 1. The van der Waals surface area contributed by atoms with Crippen LogP contribution in [-0.2, 0) is 41.6 Å². The Hall–Kier alpha value is -5.07. The number of carbonyl (C=O) groups is 6. The quantitative estimate of drug-likeness (QED) is 0.139. The van der Waals surface area contributed by atoms with Crippen LogP contribution >= 0.6 is 0 Å². The second-order valence-corrected chi connectivity index (χ2v) is 9.34. The molecule has 0 aromatic heterocycles. The molecular formula is C27H29N5O8. The van der Waals surface area contributed by atoms with E-state index in [1.54, 1.807) is 54.6 Å². The molecule has 13 heteroatoms. The lowest BCUT2D eigenvalue weighted by molar-refractivity contribution is -0.180. The summed E-state index contributed by atoms with van der Waals surface area (Å²) in [7, 11) is 0.